The largest absolute Gasteiger partial charge is 0.384 e. The van der Waals surface area contributed by atoms with Gasteiger partial charge in [-0.15, -0.1) is 0 Å². The Bertz CT molecular complexity index is 396. The summed E-state index contributed by atoms with van der Waals surface area (Å²) in [6, 6.07) is 6.63. The van der Waals surface area contributed by atoms with Crippen LogP contribution in [-0.4, -0.2) is 6.54 Å². The van der Waals surface area contributed by atoms with Crippen LogP contribution in [-0.2, 0) is 0 Å². The van der Waals surface area contributed by atoms with Crippen molar-refractivity contribution < 1.29 is 0 Å². The molecule has 0 amide bonds. The molecular formula is C15H20BrN. The zero-order valence-electron chi connectivity index (χ0n) is 10.2. The molecular weight excluding hydrogens is 274 g/mol. The fraction of sp³-hybridized carbons (Fsp3) is 0.600. The maximum Gasteiger partial charge on any atom is 0.0377 e. The quantitative estimate of drug-likeness (QED) is 0.833. The molecule has 1 heterocycles. The topological polar surface area (TPSA) is 12.0 Å². The van der Waals surface area contributed by atoms with Crippen molar-refractivity contribution >= 4 is 21.6 Å². The van der Waals surface area contributed by atoms with Crippen LogP contribution in [0.25, 0.3) is 0 Å². The first-order valence-electron chi connectivity index (χ1n) is 6.86. The van der Waals surface area contributed by atoms with Crippen molar-refractivity contribution in [2.75, 3.05) is 11.9 Å². The number of nitrogens with one attached hydrogen (secondary N) is 1. The maximum absolute atomic E-state index is 3.58. The summed E-state index contributed by atoms with van der Waals surface area (Å²) in [6.07, 6.45) is 8.68. The molecule has 1 saturated carbocycles. The highest BCUT2D eigenvalue weighted by molar-refractivity contribution is 9.10. The van der Waals surface area contributed by atoms with Gasteiger partial charge in [-0.3, -0.25) is 0 Å². The van der Waals surface area contributed by atoms with E-state index in [-0.39, 0.29) is 0 Å². The summed E-state index contributed by atoms with van der Waals surface area (Å²) in [5.74, 6) is 1.76. The third-order valence-corrected chi connectivity index (χ3v) is 4.88. The fourth-order valence-electron chi connectivity index (χ4n) is 3.37. The van der Waals surface area contributed by atoms with Gasteiger partial charge in [0.25, 0.3) is 0 Å². The van der Waals surface area contributed by atoms with E-state index >= 15 is 0 Å². The first-order valence-corrected chi connectivity index (χ1v) is 7.65. The minimum absolute atomic E-state index is 0.739. The van der Waals surface area contributed by atoms with Crippen molar-refractivity contribution in [3.05, 3.63) is 28.2 Å². The van der Waals surface area contributed by atoms with Gasteiger partial charge in [0, 0.05) is 22.6 Å². The lowest BCUT2D eigenvalue weighted by Gasteiger charge is -2.14. The summed E-state index contributed by atoms with van der Waals surface area (Å²) in [6.45, 7) is 1.14. The van der Waals surface area contributed by atoms with Crippen LogP contribution in [0.3, 0.4) is 0 Å². The number of fused-ring (bicyclic) bond motifs is 1. The molecule has 1 nitrogen and oxygen atoms in total. The van der Waals surface area contributed by atoms with Gasteiger partial charge in [-0.1, -0.05) is 41.6 Å². The van der Waals surface area contributed by atoms with Gasteiger partial charge in [0.05, 0.1) is 0 Å². The van der Waals surface area contributed by atoms with Gasteiger partial charge >= 0.3 is 0 Å². The monoisotopic (exact) mass is 293 g/mol. The van der Waals surface area contributed by atoms with Crippen LogP contribution < -0.4 is 5.32 Å². The Kier molecular flexibility index (Phi) is 3.41. The van der Waals surface area contributed by atoms with Crippen LogP contribution in [0.5, 0.6) is 0 Å². The Morgan fingerprint density at radius 1 is 1.18 bits per heavy atom. The number of rotatable bonds is 3. The minimum atomic E-state index is 0.739. The second kappa shape index (κ2) is 5.01. The lowest BCUT2D eigenvalue weighted by atomic mass is 9.91. The Hall–Kier alpha value is -0.500. The first kappa shape index (κ1) is 11.6. The SMILES string of the molecule is Brc1ccc2c(c1)C(CCC1CCCC1)CN2. The lowest BCUT2D eigenvalue weighted by molar-refractivity contribution is 0.459. The zero-order valence-corrected chi connectivity index (χ0v) is 11.8. The van der Waals surface area contributed by atoms with Crippen molar-refractivity contribution in [3.63, 3.8) is 0 Å². The summed E-state index contributed by atoms with van der Waals surface area (Å²) in [5.41, 5.74) is 2.88. The van der Waals surface area contributed by atoms with Crippen LogP contribution in [0.2, 0.25) is 0 Å². The predicted molar refractivity (Wildman–Crippen MR) is 76.6 cm³/mol. The standard InChI is InChI=1S/C15H20BrN/c16-13-7-8-15-14(9-13)12(10-17-15)6-5-11-3-1-2-4-11/h7-9,11-12,17H,1-6,10H2. The molecule has 1 aromatic carbocycles. The summed E-state index contributed by atoms with van der Waals surface area (Å²) in [5, 5.41) is 3.53. The van der Waals surface area contributed by atoms with Crippen molar-refractivity contribution in [1.82, 2.24) is 0 Å². The molecule has 17 heavy (non-hydrogen) atoms. The number of hydrogen-bond acceptors (Lipinski definition) is 1. The lowest BCUT2D eigenvalue weighted by Crippen LogP contribution is -2.04. The third-order valence-electron chi connectivity index (χ3n) is 4.39. The van der Waals surface area contributed by atoms with Gasteiger partial charge in [-0.05, 0) is 42.5 Å². The Morgan fingerprint density at radius 2 is 2.00 bits per heavy atom. The Labute approximate surface area is 112 Å². The minimum Gasteiger partial charge on any atom is -0.384 e. The third kappa shape index (κ3) is 2.52. The normalized spacial score (nSPS) is 23.7. The highest BCUT2D eigenvalue weighted by Crippen LogP contribution is 2.38. The van der Waals surface area contributed by atoms with Gasteiger partial charge in [0.2, 0.25) is 0 Å². The smallest absolute Gasteiger partial charge is 0.0377 e. The van der Waals surface area contributed by atoms with E-state index in [1.807, 2.05) is 0 Å². The summed E-state index contributed by atoms with van der Waals surface area (Å²) >= 11 is 3.58. The van der Waals surface area contributed by atoms with Crippen LogP contribution in [0.4, 0.5) is 5.69 Å². The highest BCUT2D eigenvalue weighted by Gasteiger charge is 2.24. The second-order valence-electron chi connectivity index (χ2n) is 5.54. The molecule has 1 unspecified atom stereocenters. The van der Waals surface area contributed by atoms with E-state index in [4.69, 9.17) is 0 Å². The first-order chi connectivity index (χ1) is 8.33. The Balaban J connectivity index is 1.64. The van der Waals surface area contributed by atoms with Crippen molar-refractivity contribution in [2.24, 2.45) is 5.92 Å². The molecule has 2 heteroatoms. The average molecular weight is 294 g/mol. The zero-order chi connectivity index (χ0) is 11.7. The van der Waals surface area contributed by atoms with Crippen LogP contribution in [0.15, 0.2) is 22.7 Å². The van der Waals surface area contributed by atoms with E-state index in [1.165, 1.54) is 54.2 Å². The van der Waals surface area contributed by atoms with E-state index in [9.17, 15) is 0 Å². The Morgan fingerprint density at radius 3 is 2.82 bits per heavy atom. The molecule has 3 rings (SSSR count). The molecule has 1 N–H and O–H groups in total. The molecule has 0 spiro atoms. The predicted octanol–water partition coefficient (Wildman–Crippen LogP) is 4.93. The molecule has 92 valence electrons. The molecule has 0 bridgehead atoms. The molecule has 1 fully saturated rings. The summed E-state index contributed by atoms with van der Waals surface area (Å²) in [4.78, 5) is 0. The number of halogens is 1. The molecule has 0 saturated heterocycles. The van der Waals surface area contributed by atoms with Crippen LogP contribution >= 0.6 is 15.9 Å². The van der Waals surface area contributed by atoms with Gasteiger partial charge in [0.1, 0.15) is 0 Å². The number of anilines is 1. The van der Waals surface area contributed by atoms with E-state index < -0.39 is 0 Å². The van der Waals surface area contributed by atoms with E-state index in [2.05, 4.69) is 39.4 Å². The number of benzene rings is 1. The average Bonchev–Trinajstić information content (AvgIpc) is 2.94. The fourth-order valence-corrected chi connectivity index (χ4v) is 3.75. The van der Waals surface area contributed by atoms with E-state index in [0.29, 0.717) is 0 Å². The molecule has 0 radical (unpaired) electrons. The van der Waals surface area contributed by atoms with E-state index in [1.54, 1.807) is 0 Å². The van der Waals surface area contributed by atoms with Gasteiger partial charge in [0.15, 0.2) is 0 Å². The molecule has 1 aromatic rings. The van der Waals surface area contributed by atoms with Crippen LogP contribution in [0, 0.1) is 5.92 Å². The van der Waals surface area contributed by atoms with Crippen LogP contribution in [0.1, 0.15) is 50.0 Å². The van der Waals surface area contributed by atoms with Crippen molar-refractivity contribution in [2.45, 2.75) is 44.4 Å². The molecule has 1 aliphatic carbocycles. The molecule has 1 atom stereocenters. The van der Waals surface area contributed by atoms with Crippen molar-refractivity contribution in [1.29, 1.82) is 0 Å². The van der Waals surface area contributed by atoms with Gasteiger partial charge in [-0.25, -0.2) is 0 Å². The molecule has 0 aromatic heterocycles. The highest BCUT2D eigenvalue weighted by atomic mass is 79.9. The van der Waals surface area contributed by atoms with E-state index in [0.717, 1.165) is 18.4 Å². The molecule has 2 aliphatic rings. The second-order valence-corrected chi connectivity index (χ2v) is 6.45. The summed E-state index contributed by atoms with van der Waals surface area (Å²) in [7, 11) is 0. The van der Waals surface area contributed by atoms with Gasteiger partial charge in [-0.2, -0.15) is 0 Å². The molecule has 1 aliphatic heterocycles. The maximum atomic E-state index is 3.58. The summed E-state index contributed by atoms with van der Waals surface area (Å²) < 4.78 is 1.21. The number of hydrogen-bond donors (Lipinski definition) is 1. The van der Waals surface area contributed by atoms with Crippen molar-refractivity contribution in [3.8, 4) is 0 Å². The van der Waals surface area contributed by atoms with Gasteiger partial charge < -0.3 is 5.32 Å².